The first-order chi connectivity index (χ1) is 11.4. The Morgan fingerprint density at radius 3 is 2.46 bits per heavy atom. The molecule has 1 aromatic carbocycles. The molecule has 1 aromatic rings. The quantitative estimate of drug-likeness (QED) is 0.821. The number of benzene rings is 1. The minimum Gasteiger partial charge on any atom is -0.494 e. The van der Waals surface area contributed by atoms with Crippen LogP contribution in [0.3, 0.4) is 0 Å². The maximum Gasteiger partial charge on any atom is 0.119 e. The van der Waals surface area contributed by atoms with Crippen molar-refractivity contribution in [1.82, 2.24) is 4.90 Å². The Morgan fingerprint density at radius 1 is 1.04 bits per heavy atom. The van der Waals surface area contributed by atoms with E-state index in [-0.39, 0.29) is 5.48 Å². The van der Waals surface area contributed by atoms with Crippen LogP contribution in [0.2, 0.25) is 0 Å². The number of piperidine rings is 1. The van der Waals surface area contributed by atoms with Crippen LogP contribution >= 0.6 is 0 Å². The molecule has 0 aliphatic carbocycles. The van der Waals surface area contributed by atoms with E-state index in [1.54, 1.807) is 0 Å². The molecule has 0 radical (unpaired) electrons. The Morgan fingerprint density at radius 2 is 1.75 bits per heavy atom. The van der Waals surface area contributed by atoms with Gasteiger partial charge in [0.2, 0.25) is 0 Å². The lowest BCUT2D eigenvalue weighted by Gasteiger charge is -2.26. The van der Waals surface area contributed by atoms with Gasteiger partial charge >= 0.3 is 0 Å². The van der Waals surface area contributed by atoms with Gasteiger partial charge in [0.1, 0.15) is 5.75 Å². The number of anilines is 1. The molecule has 0 unspecified atom stereocenters. The van der Waals surface area contributed by atoms with E-state index in [1.165, 1.54) is 50.1 Å². The molecule has 0 spiro atoms. The minimum absolute atomic E-state index is 0. The smallest absolute Gasteiger partial charge is 0.119 e. The lowest BCUT2D eigenvalue weighted by Crippen LogP contribution is -2.31. The molecule has 2 heterocycles. The Bertz CT molecular complexity index is 418. The van der Waals surface area contributed by atoms with E-state index in [0.717, 1.165) is 31.7 Å². The normalized spacial score (nSPS) is 15.5. The molecule has 0 saturated carbocycles. The van der Waals surface area contributed by atoms with Crippen LogP contribution in [0.1, 0.15) is 58.9 Å². The van der Waals surface area contributed by atoms with Crippen molar-refractivity contribution < 1.29 is 10.2 Å². The summed E-state index contributed by atoms with van der Waals surface area (Å²) in [5.74, 6) is 1.03. The summed E-state index contributed by atoms with van der Waals surface area (Å²) in [7, 11) is 0. The van der Waals surface area contributed by atoms with Crippen LogP contribution < -0.4 is 10.1 Å². The van der Waals surface area contributed by atoms with Gasteiger partial charge in [-0.05, 0) is 62.5 Å². The number of fused-ring (bicyclic) bond motifs is 1. The van der Waals surface area contributed by atoms with Gasteiger partial charge in [0, 0.05) is 18.8 Å². The third-order valence-electron chi connectivity index (χ3n) is 4.12. The molecular formula is C20H38N2O2. The van der Waals surface area contributed by atoms with Crippen molar-refractivity contribution in [3.8, 4) is 5.75 Å². The van der Waals surface area contributed by atoms with Crippen molar-refractivity contribution >= 4 is 5.69 Å². The zero-order valence-electron chi connectivity index (χ0n) is 16.2. The zero-order chi connectivity index (χ0) is 16.9. The van der Waals surface area contributed by atoms with Gasteiger partial charge in [-0.1, -0.05) is 34.1 Å². The summed E-state index contributed by atoms with van der Waals surface area (Å²) in [6.45, 7) is 13.7. The molecular weight excluding hydrogens is 300 g/mol. The average Bonchev–Trinajstić information content (AvgIpc) is 3.11. The summed E-state index contributed by atoms with van der Waals surface area (Å²) < 4.78 is 5.87. The lowest BCUT2D eigenvalue weighted by atomic mass is 10.1. The average molecular weight is 339 g/mol. The SMILES string of the molecule is CC.CC.O.c1cc2c(cc1OCCCN1CCCCC1)CCN2. The molecule has 4 nitrogen and oxygen atoms in total. The third kappa shape index (κ3) is 7.54. The second kappa shape index (κ2) is 14.1. The fourth-order valence-corrected chi connectivity index (χ4v) is 3.03. The number of hydrogen-bond donors (Lipinski definition) is 1. The van der Waals surface area contributed by atoms with Crippen molar-refractivity contribution in [3.05, 3.63) is 23.8 Å². The number of rotatable bonds is 5. The van der Waals surface area contributed by atoms with Crippen molar-refractivity contribution in [2.45, 2.75) is 59.8 Å². The van der Waals surface area contributed by atoms with E-state index < -0.39 is 0 Å². The zero-order valence-corrected chi connectivity index (χ0v) is 16.2. The van der Waals surface area contributed by atoms with Crippen LogP contribution in [-0.2, 0) is 6.42 Å². The predicted molar refractivity (Wildman–Crippen MR) is 105 cm³/mol. The third-order valence-corrected chi connectivity index (χ3v) is 4.12. The standard InChI is InChI=1S/C16H24N2O.2C2H6.H2O/c1-2-9-18(10-3-1)11-4-12-19-15-5-6-16-14(13-15)7-8-17-16;2*1-2;/h5-6,13,17H,1-4,7-12H2;2*1-2H3;1H2. The fraction of sp³-hybridized carbons (Fsp3) is 0.700. The summed E-state index contributed by atoms with van der Waals surface area (Å²) in [6.07, 6.45) is 6.42. The first-order valence-electron chi connectivity index (χ1n) is 9.64. The van der Waals surface area contributed by atoms with Crippen molar-refractivity contribution in [1.29, 1.82) is 0 Å². The number of likely N-dealkylation sites (tertiary alicyclic amines) is 1. The molecule has 3 N–H and O–H groups in total. The second-order valence-corrected chi connectivity index (χ2v) is 5.60. The molecule has 0 bridgehead atoms. The van der Waals surface area contributed by atoms with E-state index in [4.69, 9.17) is 4.74 Å². The summed E-state index contributed by atoms with van der Waals surface area (Å²) in [4.78, 5) is 2.57. The maximum atomic E-state index is 5.87. The molecule has 0 aromatic heterocycles. The van der Waals surface area contributed by atoms with E-state index in [9.17, 15) is 0 Å². The van der Waals surface area contributed by atoms with Crippen molar-refractivity contribution in [3.63, 3.8) is 0 Å². The van der Waals surface area contributed by atoms with Gasteiger partial charge in [0.05, 0.1) is 6.61 Å². The Balaban J connectivity index is 0.000000987. The van der Waals surface area contributed by atoms with Crippen LogP contribution in [0.15, 0.2) is 18.2 Å². The number of nitrogens with zero attached hydrogens (tertiary/aromatic N) is 1. The molecule has 0 amide bonds. The molecule has 4 heteroatoms. The van der Waals surface area contributed by atoms with Crippen LogP contribution in [0.5, 0.6) is 5.75 Å². The molecule has 140 valence electrons. The molecule has 3 rings (SSSR count). The number of nitrogens with one attached hydrogen (secondary N) is 1. The van der Waals surface area contributed by atoms with Crippen LogP contribution in [0.25, 0.3) is 0 Å². The van der Waals surface area contributed by atoms with Gasteiger partial charge < -0.3 is 20.4 Å². The highest BCUT2D eigenvalue weighted by Crippen LogP contribution is 2.26. The van der Waals surface area contributed by atoms with E-state index in [1.807, 2.05) is 27.7 Å². The highest BCUT2D eigenvalue weighted by atomic mass is 16.5. The highest BCUT2D eigenvalue weighted by molar-refractivity contribution is 5.57. The molecule has 24 heavy (non-hydrogen) atoms. The van der Waals surface area contributed by atoms with Gasteiger partial charge in [-0.2, -0.15) is 0 Å². The van der Waals surface area contributed by atoms with Gasteiger partial charge in [-0.3, -0.25) is 0 Å². The van der Waals surface area contributed by atoms with Gasteiger partial charge in [0.25, 0.3) is 0 Å². The second-order valence-electron chi connectivity index (χ2n) is 5.60. The predicted octanol–water partition coefficient (Wildman–Crippen LogP) is 4.14. The van der Waals surface area contributed by atoms with Crippen molar-refractivity contribution in [2.75, 3.05) is 38.1 Å². The number of hydrogen-bond acceptors (Lipinski definition) is 3. The summed E-state index contributed by atoms with van der Waals surface area (Å²) in [5.41, 5.74) is 2.68. The molecule has 1 saturated heterocycles. The summed E-state index contributed by atoms with van der Waals surface area (Å²) in [5, 5.41) is 3.38. The Labute approximate surface area is 148 Å². The summed E-state index contributed by atoms with van der Waals surface area (Å²) in [6, 6.07) is 6.41. The Kier molecular flexibility index (Phi) is 13.4. The molecule has 2 aliphatic heterocycles. The minimum atomic E-state index is 0. The first-order valence-corrected chi connectivity index (χ1v) is 9.64. The summed E-state index contributed by atoms with van der Waals surface area (Å²) >= 11 is 0. The van der Waals surface area contributed by atoms with Crippen LogP contribution in [-0.4, -0.2) is 43.2 Å². The van der Waals surface area contributed by atoms with E-state index in [0.29, 0.717) is 0 Å². The monoisotopic (exact) mass is 338 g/mol. The van der Waals surface area contributed by atoms with Crippen molar-refractivity contribution in [2.24, 2.45) is 0 Å². The lowest BCUT2D eigenvalue weighted by molar-refractivity contribution is 0.205. The first kappa shape index (κ1) is 22.7. The molecule has 1 fully saturated rings. The Hall–Kier alpha value is -1.26. The van der Waals surface area contributed by atoms with Gasteiger partial charge in [0.15, 0.2) is 0 Å². The van der Waals surface area contributed by atoms with E-state index in [2.05, 4.69) is 28.4 Å². The molecule has 0 atom stereocenters. The number of ether oxygens (including phenoxy) is 1. The maximum absolute atomic E-state index is 5.87. The largest absolute Gasteiger partial charge is 0.494 e. The van der Waals surface area contributed by atoms with E-state index >= 15 is 0 Å². The molecule has 2 aliphatic rings. The van der Waals surface area contributed by atoms with Crippen LogP contribution in [0.4, 0.5) is 5.69 Å². The fourth-order valence-electron chi connectivity index (χ4n) is 3.03. The van der Waals surface area contributed by atoms with Crippen LogP contribution in [0, 0.1) is 0 Å². The topological polar surface area (TPSA) is 56.0 Å². The highest BCUT2D eigenvalue weighted by Gasteiger charge is 2.11. The van der Waals surface area contributed by atoms with Gasteiger partial charge in [-0.25, -0.2) is 0 Å². The van der Waals surface area contributed by atoms with Gasteiger partial charge in [-0.15, -0.1) is 0 Å².